The molecular formula is C19H30Cl2OTi. The van der Waals surface area contributed by atoms with Crippen LogP contribution in [0.2, 0.25) is 0 Å². The molecule has 1 nitrogen and oxygen atoms in total. The summed E-state index contributed by atoms with van der Waals surface area (Å²) in [6, 6.07) is 11.5. The van der Waals surface area contributed by atoms with E-state index in [4.69, 9.17) is 5.11 Å². The van der Waals surface area contributed by atoms with Crippen molar-refractivity contribution < 1.29 is 26.8 Å². The second-order valence-electron chi connectivity index (χ2n) is 5.45. The first-order chi connectivity index (χ1) is 9.43. The van der Waals surface area contributed by atoms with E-state index in [-0.39, 0.29) is 46.5 Å². The van der Waals surface area contributed by atoms with Gasteiger partial charge in [-0.2, -0.15) is 20.8 Å². The molecule has 0 amide bonds. The molecule has 1 aromatic rings. The van der Waals surface area contributed by atoms with Gasteiger partial charge >= 0.3 is 21.7 Å². The fourth-order valence-electron chi connectivity index (χ4n) is 2.15. The van der Waals surface area contributed by atoms with Gasteiger partial charge in [-0.05, 0) is 19.8 Å². The van der Waals surface area contributed by atoms with Gasteiger partial charge in [0.25, 0.3) is 0 Å². The Morgan fingerprint density at radius 3 is 1.83 bits per heavy atom. The summed E-state index contributed by atoms with van der Waals surface area (Å²) in [5.74, 6) is 1.95. The largest absolute Gasteiger partial charge is 2.00 e. The van der Waals surface area contributed by atoms with Gasteiger partial charge in [0.1, 0.15) is 0 Å². The first kappa shape index (κ1) is 30.8. The summed E-state index contributed by atoms with van der Waals surface area (Å²) in [6.07, 6.45) is 2.32. The molecule has 0 radical (unpaired) electrons. The Hall–Kier alpha value is -0.0457. The van der Waals surface area contributed by atoms with Crippen LogP contribution >= 0.6 is 24.8 Å². The Morgan fingerprint density at radius 2 is 1.52 bits per heavy atom. The van der Waals surface area contributed by atoms with Crippen molar-refractivity contribution in [2.75, 3.05) is 7.11 Å². The molecule has 1 aromatic carbocycles. The van der Waals surface area contributed by atoms with E-state index in [0.29, 0.717) is 5.92 Å². The van der Waals surface area contributed by atoms with E-state index in [1.807, 2.05) is 12.1 Å². The summed E-state index contributed by atoms with van der Waals surface area (Å²) < 4.78 is 0. The van der Waals surface area contributed by atoms with Crippen molar-refractivity contribution in [2.24, 2.45) is 5.92 Å². The smallest absolute Gasteiger partial charge is 0.400 e. The molecule has 0 aliphatic heterocycles. The van der Waals surface area contributed by atoms with Crippen molar-refractivity contribution in [3.8, 4) is 0 Å². The maximum absolute atomic E-state index is 7.00. The van der Waals surface area contributed by atoms with E-state index in [9.17, 15) is 0 Å². The summed E-state index contributed by atoms with van der Waals surface area (Å²) in [6.45, 7) is 12.9. The van der Waals surface area contributed by atoms with Crippen molar-refractivity contribution in [1.29, 1.82) is 0 Å². The van der Waals surface area contributed by atoms with Crippen LogP contribution in [0.1, 0.15) is 47.1 Å². The number of aliphatic hydroxyl groups is 1. The van der Waals surface area contributed by atoms with Crippen LogP contribution in [-0.4, -0.2) is 12.2 Å². The maximum atomic E-state index is 7.00. The van der Waals surface area contributed by atoms with Gasteiger partial charge in [0.05, 0.1) is 0 Å². The van der Waals surface area contributed by atoms with Crippen molar-refractivity contribution in [1.82, 2.24) is 0 Å². The Labute approximate surface area is 170 Å². The summed E-state index contributed by atoms with van der Waals surface area (Å²) in [7, 11) is 1.00. The predicted molar refractivity (Wildman–Crippen MR) is 104 cm³/mol. The maximum Gasteiger partial charge on any atom is 2.00 e. The third-order valence-corrected chi connectivity index (χ3v) is 2.95. The predicted octanol–water partition coefficient (Wildman–Crippen LogP) is 5.93. The topological polar surface area (TPSA) is 20.2 Å². The fraction of sp³-hybridized carbons (Fsp3) is 0.421. The van der Waals surface area contributed by atoms with E-state index in [1.165, 1.54) is 28.2 Å². The van der Waals surface area contributed by atoms with Crippen molar-refractivity contribution in [3.63, 3.8) is 0 Å². The number of hydrogen-bond donors (Lipinski definition) is 1. The van der Waals surface area contributed by atoms with Crippen LogP contribution in [-0.2, 0) is 21.7 Å². The molecule has 0 saturated carbocycles. The van der Waals surface area contributed by atoms with Gasteiger partial charge in [0.15, 0.2) is 0 Å². The molecule has 4 heteroatoms. The number of benzene rings is 1. The number of allylic oxidation sites excluding steroid dienone is 4. The molecule has 1 atom stereocenters. The monoisotopic (exact) mass is 392 g/mol. The number of rotatable bonds is 1. The van der Waals surface area contributed by atoms with Gasteiger partial charge < -0.3 is 11.0 Å². The molecule has 1 N–H and O–H groups in total. The zero-order chi connectivity index (χ0) is 15.7. The van der Waals surface area contributed by atoms with E-state index >= 15 is 0 Å². The van der Waals surface area contributed by atoms with Crippen LogP contribution in [0.4, 0.5) is 0 Å². The minimum absolute atomic E-state index is 0. The number of halogens is 2. The molecule has 130 valence electrons. The molecular weight excluding hydrogens is 363 g/mol. The van der Waals surface area contributed by atoms with Gasteiger partial charge in [-0.15, -0.1) is 66.3 Å². The summed E-state index contributed by atoms with van der Waals surface area (Å²) >= 11 is 0. The molecule has 23 heavy (non-hydrogen) atoms. The zero-order valence-electron chi connectivity index (χ0n) is 15.2. The van der Waals surface area contributed by atoms with Crippen LogP contribution in [0, 0.1) is 17.9 Å². The third kappa shape index (κ3) is 11.2. The molecule has 0 saturated heterocycles. The molecule has 0 bridgehead atoms. The van der Waals surface area contributed by atoms with Crippen LogP contribution in [0.3, 0.4) is 0 Å². The van der Waals surface area contributed by atoms with Crippen LogP contribution in [0.5, 0.6) is 0 Å². The van der Waals surface area contributed by atoms with E-state index < -0.39 is 0 Å². The zero-order valence-corrected chi connectivity index (χ0v) is 18.4. The van der Waals surface area contributed by atoms with Gasteiger partial charge in [-0.1, -0.05) is 24.1 Å². The summed E-state index contributed by atoms with van der Waals surface area (Å²) in [4.78, 5) is 0. The average Bonchev–Trinajstić information content (AvgIpc) is 2.66. The van der Waals surface area contributed by atoms with Crippen LogP contribution in [0.15, 0.2) is 41.5 Å². The first-order valence-electron chi connectivity index (χ1n) is 7.01. The molecule has 1 aliphatic carbocycles. The van der Waals surface area contributed by atoms with E-state index in [2.05, 4.69) is 65.8 Å². The molecule has 1 unspecified atom stereocenters. The molecule has 0 spiro atoms. The average molecular weight is 393 g/mol. The summed E-state index contributed by atoms with van der Waals surface area (Å²) in [5.41, 5.74) is 5.50. The fourth-order valence-corrected chi connectivity index (χ4v) is 2.15. The Balaban J connectivity index is -0.000000178. The van der Waals surface area contributed by atoms with Crippen LogP contribution in [0.25, 0.3) is 5.57 Å². The van der Waals surface area contributed by atoms with E-state index in [0.717, 1.165) is 7.11 Å². The van der Waals surface area contributed by atoms with Crippen molar-refractivity contribution in [3.05, 3.63) is 59.0 Å². The number of aliphatic hydroxyl groups excluding tert-OH is 1. The molecule has 0 heterocycles. The van der Waals surface area contributed by atoms with E-state index in [1.54, 1.807) is 0 Å². The molecule has 0 aromatic heterocycles. The molecule has 0 fully saturated rings. The quantitative estimate of drug-likeness (QED) is 0.464. The van der Waals surface area contributed by atoms with Gasteiger partial charge in [-0.3, -0.25) is 0 Å². The van der Waals surface area contributed by atoms with Crippen molar-refractivity contribution >= 4 is 30.4 Å². The Morgan fingerprint density at radius 1 is 1.04 bits per heavy atom. The second kappa shape index (κ2) is 16.8. The third-order valence-electron chi connectivity index (χ3n) is 2.95. The minimum Gasteiger partial charge on any atom is -0.400 e. The second-order valence-corrected chi connectivity index (χ2v) is 5.45. The minimum atomic E-state index is 0. The Bertz CT molecular complexity index is 451. The van der Waals surface area contributed by atoms with Gasteiger partial charge in [-0.25, -0.2) is 0 Å². The van der Waals surface area contributed by atoms with Crippen LogP contribution < -0.4 is 0 Å². The molecule has 1 aliphatic rings. The standard InChI is InChI=1S/C14H15.C4H9.CH4O.2ClH.Ti/c1-10-9-11(2)14(12(10)3)13-7-5-4-6-8-13;1-4(2)3;1-2;;;/h4-7,9,11H,1-3H3;1-3H3;2H,1H3;2*1H;/q2*-1;;;;+2. The summed E-state index contributed by atoms with van der Waals surface area (Å²) in [5, 5.41) is 7.00. The molecule has 2 rings (SSSR count). The van der Waals surface area contributed by atoms with Crippen molar-refractivity contribution in [2.45, 2.75) is 41.5 Å². The van der Waals surface area contributed by atoms with Gasteiger partial charge in [0, 0.05) is 7.11 Å². The Kier molecular flexibility index (Phi) is 22.5. The first-order valence-corrected chi connectivity index (χ1v) is 7.01. The SMILES string of the molecule is CC1=CC(C)C(c2[c-]cccc2)=C1C.CO.C[C-](C)C.Cl.Cl.[Ti+2]. The normalized spacial score (nSPS) is 14.8. The van der Waals surface area contributed by atoms with Gasteiger partial charge in [0.2, 0.25) is 0 Å². The number of hydrogen-bond acceptors (Lipinski definition) is 1.